The van der Waals surface area contributed by atoms with Gasteiger partial charge in [-0.1, -0.05) is 30.3 Å². The average Bonchev–Trinajstić information content (AvgIpc) is 3.37. The third-order valence-corrected chi connectivity index (χ3v) is 10.3. The van der Waals surface area contributed by atoms with Crippen LogP contribution in [0.4, 0.5) is 18.9 Å². The molecule has 0 aliphatic carbocycles. The van der Waals surface area contributed by atoms with Crippen LogP contribution in [-0.4, -0.2) is 50.2 Å². The quantitative estimate of drug-likeness (QED) is 0.240. The normalized spacial score (nSPS) is 15.5. The highest BCUT2D eigenvalue weighted by atomic mass is 32.2. The minimum atomic E-state index is -4.62. The summed E-state index contributed by atoms with van der Waals surface area (Å²) in [6.07, 6.45) is -4.62. The van der Waals surface area contributed by atoms with Gasteiger partial charge in [0.2, 0.25) is 9.84 Å². The van der Waals surface area contributed by atoms with Gasteiger partial charge in [0.25, 0.3) is 23.6 Å². The summed E-state index contributed by atoms with van der Waals surface area (Å²) in [6.45, 7) is 5.02. The summed E-state index contributed by atoms with van der Waals surface area (Å²) in [5.41, 5.74) is 1.56. The number of fused-ring (bicyclic) bond motifs is 2. The van der Waals surface area contributed by atoms with Crippen LogP contribution in [0.5, 0.6) is 0 Å². The van der Waals surface area contributed by atoms with E-state index in [1.807, 2.05) is 0 Å². The SMILES string of the molecule is Cc1ccc(C(c2ccc(N3C(=O)c4ccc(S(=O)(=O)c5ccc6c(c5)C(=O)N(C)C6=O)cc4C3=O)c(C)c2)C(F)(F)F)cc1C. The van der Waals surface area contributed by atoms with Crippen molar-refractivity contribution >= 4 is 39.2 Å². The predicted molar refractivity (Wildman–Crippen MR) is 161 cm³/mol. The second-order valence-electron chi connectivity index (χ2n) is 11.4. The van der Waals surface area contributed by atoms with E-state index < -0.39 is 45.6 Å². The summed E-state index contributed by atoms with van der Waals surface area (Å²) in [5, 5.41) is 0. The number of sulfone groups is 1. The molecule has 0 fully saturated rings. The Morgan fingerprint density at radius 1 is 0.587 bits per heavy atom. The molecule has 4 aromatic carbocycles. The second-order valence-corrected chi connectivity index (χ2v) is 13.3. The standard InChI is InChI=1S/C34H25F3N2O6S/c1-17-5-6-20(13-18(17)2)29(34(35,36)37)21-7-12-28(19(3)14-21)39-32(42)25-11-9-23(16-27(25)33(39)43)46(44,45)22-8-10-24-26(15-22)31(41)38(4)30(24)40/h5-16,29H,1-4H3. The van der Waals surface area contributed by atoms with Crippen molar-refractivity contribution in [3.63, 3.8) is 0 Å². The molecule has 0 N–H and O–H groups in total. The highest BCUT2D eigenvalue weighted by Gasteiger charge is 2.43. The number of carbonyl (C=O) groups is 4. The van der Waals surface area contributed by atoms with Gasteiger partial charge in [0, 0.05) is 7.05 Å². The zero-order chi connectivity index (χ0) is 33.5. The molecule has 2 aliphatic rings. The Bertz CT molecular complexity index is 2160. The Morgan fingerprint density at radius 3 is 1.61 bits per heavy atom. The zero-order valence-corrected chi connectivity index (χ0v) is 25.7. The maximum Gasteiger partial charge on any atom is 0.399 e. The van der Waals surface area contributed by atoms with Gasteiger partial charge in [-0.25, -0.2) is 13.3 Å². The lowest BCUT2D eigenvalue weighted by molar-refractivity contribution is -0.141. The Morgan fingerprint density at radius 2 is 1.07 bits per heavy atom. The van der Waals surface area contributed by atoms with Crippen LogP contribution >= 0.6 is 0 Å². The fourth-order valence-electron chi connectivity index (χ4n) is 5.87. The van der Waals surface area contributed by atoms with Gasteiger partial charge in [0.05, 0.1) is 37.7 Å². The number of alkyl halides is 3. The average molecular weight is 647 g/mol. The maximum atomic E-state index is 14.3. The van der Waals surface area contributed by atoms with Crippen molar-refractivity contribution < 1.29 is 40.8 Å². The van der Waals surface area contributed by atoms with E-state index in [9.17, 15) is 40.8 Å². The first-order chi connectivity index (χ1) is 21.5. The molecule has 6 rings (SSSR count). The first-order valence-corrected chi connectivity index (χ1v) is 15.5. The number of carbonyl (C=O) groups excluding carboxylic acids is 4. The minimum Gasteiger partial charge on any atom is -0.277 e. The van der Waals surface area contributed by atoms with Crippen LogP contribution < -0.4 is 4.90 Å². The van der Waals surface area contributed by atoms with Crippen LogP contribution in [0.3, 0.4) is 0 Å². The molecule has 8 nitrogen and oxygen atoms in total. The van der Waals surface area contributed by atoms with E-state index in [0.29, 0.717) is 5.56 Å². The Hall–Kier alpha value is -5.10. The number of amides is 4. The fraction of sp³-hybridized carbons (Fsp3) is 0.176. The van der Waals surface area contributed by atoms with Crippen molar-refractivity contribution in [2.45, 2.75) is 42.7 Å². The molecule has 0 saturated carbocycles. The lowest BCUT2D eigenvalue weighted by Crippen LogP contribution is -2.30. The molecule has 0 bridgehead atoms. The van der Waals surface area contributed by atoms with E-state index in [0.717, 1.165) is 33.6 Å². The van der Waals surface area contributed by atoms with E-state index in [-0.39, 0.29) is 54.4 Å². The number of aryl methyl sites for hydroxylation is 3. The maximum absolute atomic E-state index is 14.3. The number of anilines is 1. The van der Waals surface area contributed by atoms with E-state index in [4.69, 9.17) is 0 Å². The van der Waals surface area contributed by atoms with E-state index in [1.54, 1.807) is 19.9 Å². The van der Waals surface area contributed by atoms with Gasteiger partial charge in [0.15, 0.2) is 0 Å². The van der Waals surface area contributed by atoms with Crippen LogP contribution in [-0.2, 0) is 9.84 Å². The van der Waals surface area contributed by atoms with E-state index in [2.05, 4.69) is 0 Å². The third-order valence-electron chi connectivity index (χ3n) is 8.53. The highest BCUT2D eigenvalue weighted by molar-refractivity contribution is 7.91. The molecular weight excluding hydrogens is 621 g/mol. The van der Waals surface area contributed by atoms with E-state index in [1.165, 1.54) is 62.5 Å². The zero-order valence-electron chi connectivity index (χ0n) is 24.9. The van der Waals surface area contributed by atoms with Crippen molar-refractivity contribution in [1.82, 2.24) is 4.90 Å². The van der Waals surface area contributed by atoms with Gasteiger partial charge in [0.1, 0.15) is 5.92 Å². The molecule has 0 radical (unpaired) electrons. The van der Waals surface area contributed by atoms with Crippen LogP contribution in [0.15, 0.2) is 82.6 Å². The number of benzene rings is 4. The first kappa shape index (κ1) is 30.9. The summed E-state index contributed by atoms with van der Waals surface area (Å²) < 4.78 is 70.1. The largest absolute Gasteiger partial charge is 0.399 e. The summed E-state index contributed by atoms with van der Waals surface area (Å²) in [4.78, 5) is 52.7. The molecule has 46 heavy (non-hydrogen) atoms. The molecular formula is C34H25F3N2O6S. The number of hydrogen-bond donors (Lipinski definition) is 0. The van der Waals surface area contributed by atoms with Crippen molar-refractivity contribution in [2.75, 3.05) is 11.9 Å². The molecule has 234 valence electrons. The molecule has 2 aliphatic heterocycles. The van der Waals surface area contributed by atoms with Gasteiger partial charge in [-0.3, -0.25) is 24.1 Å². The van der Waals surface area contributed by atoms with Crippen molar-refractivity contribution in [3.8, 4) is 0 Å². The number of rotatable bonds is 5. The Kier molecular flexibility index (Phi) is 7.04. The third kappa shape index (κ3) is 4.71. The number of imide groups is 2. The molecule has 4 amide bonds. The summed E-state index contributed by atoms with van der Waals surface area (Å²) in [7, 11) is -3.02. The topological polar surface area (TPSA) is 109 Å². The van der Waals surface area contributed by atoms with Crippen molar-refractivity contribution in [3.05, 3.63) is 123 Å². The number of halogens is 3. The molecule has 12 heteroatoms. The van der Waals surface area contributed by atoms with E-state index >= 15 is 0 Å². The van der Waals surface area contributed by atoms with Gasteiger partial charge >= 0.3 is 6.18 Å². The van der Waals surface area contributed by atoms with Crippen LogP contribution in [0, 0.1) is 20.8 Å². The molecule has 0 saturated heterocycles. The first-order valence-electron chi connectivity index (χ1n) is 14.0. The van der Waals surface area contributed by atoms with Gasteiger partial charge in [-0.15, -0.1) is 0 Å². The summed E-state index contributed by atoms with van der Waals surface area (Å²) in [5.74, 6) is -4.76. The molecule has 1 atom stereocenters. The minimum absolute atomic E-state index is 0.0589. The Balaban J connectivity index is 1.34. The molecule has 2 heterocycles. The number of nitrogens with zero attached hydrogens (tertiary/aromatic N) is 2. The highest BCUT2D eigenvalue weighted by Crippen LogP contribution is 2.42. The molecule has 0 spiro atoms. The molecule has 1 unspecified atom stereocenters. The summed E-state index contributed by atoms with van der Waals surface area (Å²) in [6, 6.07) is 15.3. The van der Waals surface area contributed by atoms with Crippen LogP contribution in [0.2, 0.25) is 0 Å². The lowest BCUT2D eigenvalue weighted by atomic mass is 9.88. The molecule has 0 aromatic heterocycles. The van der Waals surface area contributed by atoms with Crippen molar-refractivity contribution in [1.29, 1.82) is 0 Å². The van der Waals surface area contributed by atoms with Gasteiger partial charge in [-0.2, -0.15) is 13.2 Å². The fourth-order valence-corrected chi connectivity index (χ4v) is 7.19. The summed E-state index contributed by atoms with van der Waals surface area (Å²) >= 11 is 0. The Labute approximate surface area is 262 Å². The lowest BCUT2D eigenvalue weighted by Gasteiger charge is -2.24. The van der Waals surface area contributed by atoms with Crippen LogP contribution in [0.25, 0.3) is 0 Å². The second kappa shape index (κ2) is 10.5. The van der Waals surface area contributed by atoms with Crippen LogP contribution in [0.1, 0.15) is 75.2 Å². The van der Waals surface area contributed by atoms with Crippen molar-refractivity contribution in [2.24, 2.45) is 0 Å². The predicted octanol–water partition coefficient (Wildman–Crippen LogP) is 6.17. The number of hydrogen-bond acceptors (Lipinski definition) is 6. The van der Waals surface area contributed by atoms with Gasteiger partial charge in [-0.05, 0) is 91.1 Å². The van der Waals surface area contributed by atoms with Gasteiger partial charge < -0.3 is 0 Å². The smallest absolute Gasteiger partial charge is 0.277 e. The monoisotopic (exact) mass is 646 g/mol. The molecule has 4 aromatic rings.